The molecule has 0 radical (unpaired) electrons. The van der Waals surface area contributed by atoms with Gasteiger partial charge in [-0.05, 0) is 31.4 Å². The van der Waals surface area contributed by atoms with E-state index in [0.29, 0.717) is 36.6 Å². The number of hydrogen-bond donors (Lipinski definition) is 1. The van der Waals surface area contributed by atoms with Crippen molar-refractivity contribution in [3.05, 3.63) is 41.3 Å². The van der Waals surface area contributed by atoms with Gasteiger partial charge in [-0.15, -0.1) is 11.3 Å². The van der Waals surface area contributed by atoms with Gasteiger partial charge in [0.05, 0.1) is 13.7 Å². The minimum atomic E-state index is -0.226. The van der Waals surface area contributed by atoms with E-state index in [0.717, 1.165) is 16.9 Å². The van der Waals surface area contributed by atoms with Crippen LogP contribution in [0.5, 0.6) is 5.75 Å². The van der Waals surface area contributed by atoms with Crippen molar-refractivity contribution in [2.75, 3.05) is 20.3 Å². The second kappa shape index (κ2) is 9.84. The quantitative estimate of drug-likeness (QED) is 0.544. The molecule has 0 saturated heterocycles. The summed E-state index contributed by atoms with van der Waals surface area (Å²) >= 11 is 1.42. The molecule has 1 N–H and O–H groups in total. The van der Waals surface area contributed by atoms with Crippen molar-refractivity contribution in [1.29, 1.82) is 0 Å². The van der Waals surface area contributed by atoms with Gasteiger partial charge in [-0.1, -0.05) is 30.3 Å². The van der Waals surface area contributed by atoms with Crippen LogP contribution in [0, 0.1) is 0 Å². The highest BCUT2D eigenvalue weighted by Crippen LogP contribution is 2.36. The number of unbranched alkanes of at least 4 members (excludes halogenated alkanes) is 1. The molecule has 134 valence electrons. The molecule has 0 aliphatic rings. The van der Waals surface area contributed by atoms with E-state index in [1.807, 2.05) is 43.3 Å². The Bertz CT molecular complexity index is 697. The van der Waals surface area contributed by atoms with Crippen molar-refractivity contribution in [2.45, 2.75) is 26.2 Å². The standard InChI is InChI=1S/C19H23NO4S/c1-3-24-15-13-16(14-9-5-4-6-10-14)25-18(15)19(22)20-12-8-7-11-17(21)23-2/h4-6,9-10,13H,3,7-8,11-12H2,1-2H3,(H,20,22). The highest BCUT2D eigenvalue weighted by atomic mass is 32.1. The van der Waals surface area contributed by atoms with Gasteiger partial charge in [-0.25, -0.2) is 0 Å². The fraction of sp³-hybridized carbons (Fsp3) is 0.368. The van der Waals surface area contributed by atoms with Gasteiger partial charge in [-0.3, -0.25) is 9.59 Å². The number of thiophene rings is 1. The fourth-order valence-corrected chi connectivity index (χ4v) is 3.34. The van der Waals surface area contributed by atoms with E-state index in [1.54, 1.807) is 0 Å². The number of nitrogens with one attached hydrogen (secondary N) is 1. The van der Waals surface area contributed by atoms with Crippen LogP contribution in [0.25, 0.3) is 10.4 Å². The van der Waals surface area contributed by atoms with Crippen LogP contribution in [0.1, 0.15) is 35.9 Å². The van der Waals surface area contributed by atoms with Gasteiger partial charge in [0.1, 0.15) is 10.6 Å². The minimum Gasteiger partial charge on any atom is -0.492 e. The molecular weight excluding hydrogens is 338 g/mol. The lowest BCUT2D eigenvalue weighted by Crippen LogP contribution is -2.24. The van der Waals surface area contributed by atoms with Crippen LogP contribution >= 0.6 is 11.3 Å². The largest absolute Gasteiger partial charge is 0.492 e. The van der Waals surface area contributed by atoms with Crippen molar-refractivity contribution in [2.24, 2.45) is 0 Å². The SMILES string of the molecule is CCOc1cc(-c2ccccc2)sc1C(=O)NCCCCC(=O)OC. The topological polar surface area (TPSA) is 64.6 Å². The summed E-state index contributed by atoms with van der Waals surface area (Å²) in [6, 6.07) is 11.8. The molecule has 25 heavy (non-hydrogen) atoms. The molecule has 6 heteroatoms. The molecule has 2 aromatic rings. The van der Waals surface area contributed by atoms with Crippen LogP contribution in [0.2, 0.25) is 0 Å². The van der Waals surface area contributed by atoms with E-state index in [1.165, 1.54) is 18.4 Å². The molecular formula is C19H23NO4S. The molecule has 1 aromatic carbocycles. The Hall–Kier alpha value is -2.34. The summed E-state index contributed by atoms with van der Waals surface area (Å²) in [5.74, 6) is 0.239. The summed E-state index contributed by atoms with van der Waals surface area (Å²) in [5, 5.41) is 2.89. The van der Waals surface area contributed by atoms with Gasteiger partial charge < -0.3 is 14.8 Å². The lowest BCUT2D eigenvalue weighted by Gasteiger charge is -2.06. The Morgan fingerprint density at radius 2 is 1.92 bits per heavy atom. The Morgan fingerprint density at radius 3 is 2.60 bits per heavy atom. The third-order valence-electron chi connectivity index (χ3n) is 3.58. The first-order chi connectivity index (χ1) is 12.2. The van der Waals surface area contributed by atoms with Crippen molar-refractivity contribution in [1.82, 2.24) is 5.32 Å². The van der Waals surface area contributed by atoms with Crippen LogP contribution in [0.3, 0.4) is 0 Å². The molecule has 1 amide bonds. The van der Waals surface area contributed by atoms with Crippen LogP contribution < -0.4 is 10.1 Å². The number of ether oxygens (including phenoxy) is 2. The zero-order valence-electron chi connectivity index (χ0n) is 14.5. The lowest BCUT2D eigenvalue weighted by molar-refractivity contribution is -0.140. The Labute approximate surface area is 152 Å². The number of carbonyl (C=O) groups excluding carboxylic acids is 2. The first-order valence-electron chi connectivity index (χ1n) is 8.32. The number of esters is 1. The van der Waals surface area contributed by atoms with Gasteiger partial charge >= 0.3 is 5.97 Å². The molecule has 1 heterocycles. The highest BCUT2D eigenvalue weighted by Gasteiger charge is 2.18. The Balaban J connectivity index is 1.98. The molecule has 0 saturated carbocycles. The molecule has 0 atom stereocenters. The molecule has 5 nitrogen and oxygen atoms in total. The third-order valence-corrected chi connectivity index (χ3v) is 4.75. The maximum absolute atomic E-state index is 12.5. The van der Waals surface area contributed by atoms with Crippen LogP contribution in [-0.4, -0.2) is 32.1 Å². The number of amides is 1. The van der Waals surface area contributed by atoms with Gasteiger partial charge in [0.15, 0.2) is 0 Å². The Kier molecular flexibility index (Phi) is 7.47. The fourth-order valence-electron chi connectivity index (χ4n) is 2.32. The molecule has 0 aliphatic heterocycles. The summed E-state index contributed by atoms with van der Waals surface area (Å²) < 4.78 is 10.2. The molecule has 2 rings (SSSR count). The number of carbonyl (C=O) groups is 2. The van der Waals surface area contributed by atoms with Crippen LogP contribution in [0.4, 0.5) is 0 Å². The monoisotopic (exact) mass is 361 g/mol. The number of methoxy groups -OCH3 is 1. The number of rotatable bonds is 9. The summed E-state index contributed by atoms with van der Waals surface area (Å²) in [6.07, 6.45) is 1.78. The number of benzene rings is 1. The van der Waals surface area contributed by atoms with E-state index < -0.39 is 0 Å². The summed E-state index contributed by atoms with van der Waals surface area (Å²) in [5.41, 5.74) is 1.06. The highest BCUT2D eigenvalue weighted by molar-refractivity contribution is 7.17. The molecule has 0 unspecified atom stereocenters. The molecule has 0 aliphatic carbocycles. The number of hydrogen-bond acceptors (Lipinski definition) is 5. The molecule has 1 aromatic heterocycles. The minimum absolute atomic E-state index is 0.145. The molecule has 0 bridgehead atoms. The summed E-state index contributed by atoms with van der Waals surface area (Å²) in [6.45, 7) is 2.92. The van der Waals surface area contributed by atoms with Gasteiger partial charge in [0.25, 0.3) is 5.91 Å². The smallest absolute Gasteiger partial charge is 0.305 e. The van der Waals surface area contributed by atoms with E-state index in [9.17, 15) is 9.59 Å². The summed E-state index contributed by atoms with van der Waals surface area (Å²) in [7, 11) is 1.38. The van der Waals surface area contributed by atoms with Crippen molar-refractivity contribution in [3.63, 3.8) is 0 Å². The van der Waals surface area contributed by atoms with E-state index in [-0.39, 0.29) is 11.9 Å². The Morgan fingerprint density at radius 1 is 1.16 bits per heavy atom. The predicted molar refractivity (Wildman–Crippen MR) is 99.1 cm³/mol. The van der Waals surface area contributed by atoms with Gasteiger partial charge in [-0.2, -0.15) is 0 Å². The lowest BCUT2D eigenvalue weighted by atomic mass is 10.2. The second-order valence-electron chi connectivity index (χ2n) is 5.39. The molecule has 0 spiro atoms. The van der Waals surface area contributed by atoms with Gasteiger partial charge in [0.2, 0.25) is 0 Å². The zero-order valence-corrected chi connectivity index (χ0v) is 15.4. The second-order valence-corrected chi connectivity index (χ2v) is 6.44. The maximum Gasteiger partial charge on any atom is 0.305 e. The van der Waals surface area contributed by atoms with E-state index in [4.69, 9.17) is 4.74 Å². The molecule has 0 fully saturated rings. The third kappa shape index (κ3) is 5.60. The van der Waals surface area contributed by atoms with E-state index in [2.05, 4.69) is 10.1 Å². The first kappa shape index (κ1) is 19.0. The van der Waals surface area contributed by atoms with Gasteiger partial charge in [0, 0.05) is 17.8 Å². The van der Waals surface area contributed by atoms with E-state index >= 15 is 0 Å². The maximum atomic E-state index is 12.5. The predicted octanol–water partition coefficient (Wildman–Crippen LogP) is 3.89. The van der Waals surface area contributed by atoms with Crippen LogP contribution in [-0.2, 0) is 9.53 Å². The van der Waals surface area contributed by atoms with Crippen molar-refractivity contribution >= 4 is 23.2 Å². The average molecular weight is 361 g/mol. The van der Waals surface area contributed by atoms with Crippen molar-refractivity contribution < 1.29 is 19.1 Å². The van der Waals surface area contributed by atoms with Crippen molar-refractivity contribution in [3.8, 4) is 16.2 Å². The summed E-state index contributed by atoms with van der Waals surface area (Å²) in [4.78, 5) is 25.1. The van der Waals surface area contributed by atoms with Crippen LogP contribution in [0.15, 0.2) is 36.4 Å². The first-order valence-corrected chi connectivity index (χ1v) is 9.14. The normalized spacial score (nSPS) is 10.3. The zero-order chi connectivity index (χ0) is 18.1. The average Bonchev–Trinajstić information content (AvgIpc) is 3.06.